The molecule has 1 unspecified atom stereocenters. The van der Waals surface area contributed by atoms with Crippen LogP contribution in [-0.2, 0) is 17.6 Å². The molecule has 0 amide bonds. The zero-order chi connectivity index (χ0) is 13.4. The maximum Gasteiger partial charge on any atom is 0.157 e. The number of ether oxygens (including phenoxy) is 1. The van der Waals surface area contributed by atoms with Gasteiger partial charge in [0, 0.05) is 17.4 Å². The molecule has 6 heteroatoms. The Labute approximate surface area is 120 Å². The fourth-order valence-corrected chi connectivity index (χ4v) is 4.23. The van der Waals surface area contributed by atoms with Crippen LogP contribution >= 0.6 is 22.9 Å². The van der Waals surface area contributed by atoms with E-state index in [0.29, 0.717) is 11.8 Å². The minimum absolute atomic E-state index is 0.159. The third kappa shape index (κ3) is 2.36. The van der Waals surface area contributed by atoms with Crippen molar-refractivity contribution < 1.29 is 9.84 Å². The molecule has 2 atom stereocenters. The molecule has 0 saturated carbocycles. The Morgan fingerprint density at radius 3 is 3.21 bits per heavy atom. The molecule has 102 valence electrons. The van der Waals surface area contributed by atoms with Crippen LogP contribution in [-0.4, -0.2) is 28.0 Å². The predicted octanol–water partition coefficient (Wildman–Crippen LogP) is 2.80. The Morgan fingerprint density at radius 2 is 2.42 bits per heavy atom. The smallest absolute Gasteiger partial charge is 0.157 e. The normalized spacial score (nSPS) is 20.5. The summed E-state index contributed by atoms with van der Waals surface area (Å²) in [7, 11) is 0. The lowest BCUT2D eigenvalue weighted by atomic mass is 9.87. The second-order valence-electron chi connectivity index (χ2n) is 4.70. The van der Waals surface area contributed by atoms with Gasteiger partial charge in [0.25, 0.3) is 0 Å². The Balaban J connectivity index is 1.94. The second-order valence-corrected chi connectivity index (χ2v) is 6.14. The number of nitrogens with zero attached hydrogens (tertiary/aromatic N) is 2. The van der Waals surface area contributed by atoms with Gasteiger partial charge in [-0.2, -0.15) is 0 Å². The molecule has 2 aromatic rings. The van der Waals surface area contributed by atoms with Crippen molar-refractivity contribution in [2.75, 3.05) is 6.61 Å². The minimum atomic E-state index is -0.676. The van der Waals surface area contributed by atoms with Gasteiger partial charge in [-0.05, 0) is 31.7 Å². The Hall–Kier alpha value is -0.750. The largest absolute Gasteiger partial charge is 0.368 e. The molecule has 2 heterocycles. The highest BCUT2D eigenvalue weighted by Crippen LogP contribution is 2.40. The van der Waals surface area contributed by atoms with Gasteiger partial charge in [0.2, 0.25) is 0 Å². The van der Waals surface area contributed by atoms with Crippen LogP contribution in [0.5, 0.6) is 0 Å². The van der Waals surface area contributed by atoms with Gasteiger partial charge in [0.05, 0.1) is 5.39 Å². The summed E-state index contributed by atoms with van der Waals surface area (Å²) >= 11 is 7.82. The van der Waals surface area contributed by atoms with E-state index >= 15 is 0 Å². The van der Waals surface area contributed by atoms with Crippen molar-refractivity contribution in [3.8, 4) is 0 Å². The van der Waals surface area contributed by atoms with E-state index in [1.54, 1.807) is 11.3 Å². The number of thiophene rings is 1. The number of aromatic nitrogens is 2. The van der Waals surface area contributed by atoms with Crippen LogP contribution in [0.3, 0.4) is 0 Å². The number of aliphatic hydroxyl groups excluding tert-OH is 1. The molecule has 1 aliphatic carbocycles. The highest BCUT2D eigenvalue weighted by molar-refractivity contribution is 7.19. The number of fused-ring (bicyclic) bond motifs is 3. The molecule has 0 bridgehead atoms. The fourth-order valence-electron chi connectivity index (χ4n) is 2.65. The summed E-state index contributed by atoms with van der Waals surface area (Å²) in [5.41, 5.74) is 1.26. The Bertz CT molecular complexity index is 602. The topological polar surface area (TPSA) is 55.2 Å². The Morgan fingerprint density at radius 1 is 1.58 bits per heavy atom. The quantitative estimate of drug-likeness (QED) is 0.699. The first-order chi connectivity index (χ1) is 9.20. The van der Waals surface area contributed by atoms with Crippen molar-refractivity contribution in [3.63, 3.8) is 0 Å². The zero-order valence-corrected chi connectivity index (χ0v) is 12.2. The van der Waals surface area contributed by atoms with Crippen LogP contribution in [0.15, 0.2) is 6.33 Å². The van der Waals surface area contributed by atoms with Gasteiger partial charge < -0.3 is 9.84 Å². The SMILES string of the molecule is CCOC(O)[C@H]1CCc2c(sc3ncnc(Cl)c23)C1. The lowest BCUT2D eigenvalue weighted by Crippen LogP contribution is -2.28. The highest BCUT2D eigenvalue weighted by Gasteiger charge is 2.29. The van der Waals surface area contributed by atoms with Crippen molar-refractivity contribution >= 4 is 33.2 Å². The van der Waals surface area contributed by atoms with Gasteiger partial charge in [-0.3, -0.25) is 0 Å². The second kappa shape index (κ2) is 5.32. The summed E-state index contributed by atoms with van der Waals surface area (Å²) in [6.45, 7) is 2.43. The number of hydrogen-bond acceptors (Lipinski definition) is 5. The third-order valence-corrected chi connectivity index (χ3v) is 5.03. The average Bonchev–Trinajstić information content (AvgIpc) is 2.77. The monoisotopic (exact) mass is 298 g/mol. The zero-order valence-electron chi connectivity index (χ0n) is 10.6. The number of aliphatic hydroxyl groups is 1. The molecule has 4 nitrogen and oxygen atoms in total. The van der Waals surface area contributed by atoms with Gasteiger partial charge in [-0.25, -0.2) is 9.97 Å². The first-order valence-electron chi connectivity index (χ1n) is 6.41. The van der Waals surface area contributed by atoms with Gasteiger partial charge in [0.15, 0.2) is 6.29 Å². The molecule has 0 aliphatic heterocycles. The van der Waals surface area contributed by atoms with Gasteiger partial charge in [-0.15, -0.1) is 11.3 Å². The number of halogens is 1. The van der Waals surface area contributed by atoms with Gasteiger partial charge in [-0.1, -0.05) is 11.6 Å². The van der Waals surface area contributed by atoms with E-state index < -0.39 is 6.29 Å². The summed E-state index contributed by atoms with van der Waals surface area (Å²) in [6.07, 6.45) is 3.46. The van der Waals surface area contributed by atoms with Crippen LogP contribution in [0.25, 0.3) is 10.2 Å². The van der Waals surface area contributed by atoms with E-state index in [2.05, 4.69) is 9.97 Å². The molecule has 2 aromatic heterocycles. The highest BCUT2D eigenvalue weighted by atomic mass is 35.5. The van der Waals surface area contributed by atoms with Gasteiger partial charge in [0.1, 0.15) is 16.3 Å². The van der Waals surface area contributed by atoms with Crippen molar-refractivity contribution in [3.05, 3.63) is 21.9 Å². The molecular weight excluding hydrogens is 284 g/mol. The maximum atomic E-state index is 9.96. The molecule has 1 N–H and O–H groups in total. The summed E-state index contributed by atoms with van der Waals surface area (Å²) in [5.74, 6) is 0.159. The van der Waals surface area contributed by atoms with Gasteiger partial charge >= 0.3 is 0 Å². The van der Waals surface area contributed by atoms with Crippen LogP contribution in [0, 0.1) is 5.92 Å². The molecular formula is C13H15ClN2O2S. The van der Waals surface area contributed by atoms with E-state index in [-0.39, 0.29) is 5.92 Å². The molecule has 0 radical (unpaired) electrons. The molecule has 0 saturated heterocycles. The molecule has 0 aromatic carbocycles. The van der Waals surface area contributed by atoms with Crippen molar-refractivity contribution in [1.82, 2.24) is 9.97 Å². The van der Waals surface area contributed by atoms with Crippen LogP contribution < -0.4 is 0 Å². The van der Waals surface area contributed by atoms with Crippen molar-refractivity contribution in [1.29, 1.82) is 0 Å². The first kappa shape index (κ1) is 13.2. The third-order valence-electron chi connectivity index (χ3n) is 3.58. The summed E-state index contributed by atoms with van der Waals surface area (Å²) in [5, 5.41) is 11.5. The number of hydrogen-bond donors (Lipinski definition) is 1. The Kier molecular flexibility index (Phi) is 3.71. The molecule has 0 spiro atoms. The summed E-state index contributed by atoms with van der Waals surface area (Å²) in [6, 6.07) is 0. The molecule has 0 fully saturated rings. The fraction of sp³-hybridized carbons (Fsp3) is 0.538. The average molecular weight is 299 g/mol. The summed E-state index contributed by atoms with van der Waals surface area (Å²) < 4.78 is 5.30. The maximum absolute atomic E-state index is 9.96. The molecule has 1 aliphatic rings. The van der Waals surface area contributed by atoms with E-state index in [1.165, 1.54) is 16.8 Å². The van der Waals surface area contributed by atoms with E-state index in [1.807, 2.05) is 6.92 Å². The van der Waals surface area contributed by atoms with E-state index in [9.17, 15) is 5.11 Å². The first-order valence-corrected chi connectivity index (χ1v) is 7.60. The predicted molar refractivity (Wildman–Crippen MR) is 75.6 cm³/mol. The minimum Gasteiger partial charge on any atom is -0.368 e. The van der Waals surface area contributed by atoms with Crippen LogP contribution in [0.1, 0.15) is 23.8 Å². The lowest BCUT2D eigenvalue weighted by Gasteiger charge is -2.26. The van der Waals surface area contributed by atoms with Crippen molar-refractivity contribution in [2.24, 2.45) is 5.92 Å². The number of rotatable bonds is 3. The lowest BCUT2D eigenvalue weighted by molar-refractivity contribution is -0.132. The van der Waals surface area contributed by atoms with Crippen LogP contribution in [0.2, 0.25) is 5.15 Å². The number of aryl methyl sites for hydroxylation is 1. The van der Waals surface area contributed by atoms with Crippen LogP contribution in [0.4, 0.5) is 0 Å². The molecule has 3 rings (SSSR count). The standard InChI is InChI=1S/C13H15ClN2O2S/c1-2-18-13(17)7-3-4-8-9(5-7)19-12-10(8)11(14)15-6-16-12/h6-7,13,17H,2-5H2,1H3/t7-,13?/m0/s1. The van der Waals surface area contributed by atoms with Crippen molar-refractivity contribution in [2.45, 2.75) is 32.5 Å². The van der Waals surface area contributed by atoms with E-state index in [4.69, 9.17) is 16.3 Å². The summed E-state index contributed by atoms with van der Waals surface area (Å²) in [4.78, 5) is 10.5. The van der Waals surface area contributed by atoms with E-state index in [0.717, 1.165) is 29.5 Å². The molecule has 19 heavy (non-hydrogen) atoms.